The first-order valence-corrected chi connectivity index (χ1v) is 19.2. The maximum atomic E-state index is 11.9. The lowest BCUT2D eigenvalue weighted by atomic mass is 10.1. The topological polar surface area (TPSA) is 68.3 Å². The summed E-state index contributed by atoms with van der Waals surface area (Å²) in [6.07, 6.45) is 4.79. The van der Waals surface area contributed by atoms with Gasteiger partial charge in [-0.15, -0.1) is 0 Å². The van der Waals surface area contributed by atoms with Crippen molar-refractivity contribution in [2.45, 2.75) is 39.7 Å². The second kappa shape index (κ2) is 19.6. The number of carbonyl (C=O) groups is 2. The van der Waals surface area contributed by atoms with Gasteiger partial charge in [-0.3, -0.25) is 4.79 Å². The Morgan fingerprint density at radius 3 is 1.14 bits per heavy atom. The summed E-state index contributed by atoms with van der Waals surface area (Å²) in [4.78, 5) is 27.8. The second-order valence-electron chi connectivity index (χ2n) is 13.4. The second-order valence-corrected chi connectivity index (χ2v) is 13.4. The van der Waals surface area contributed by atoms with Crippen molar-refractivity contribution < 1.29 is 23.8 Å². The molecule has 6 aromatic rings. The molecule has 0 aromatic heterocycles. The fourth-order valence-corrected chi connectivity index (χ4v) is 6.35. The molecule has 0 aliphatic carbocycles. The molecule has 0 bridgehead atoms. The Bertz CT molecular complexity index is 2230. The van der Waals surface area contributed by atoms with E-state index in [0.717, 1.165) is 75.7 Å². The zero-order chi connectivity index (χ0) is 40.0. The standard InChI is InChI=1S/C50H48N2O5/c1-5-37-9-17-41(18-10-37)51(43-21-13-39(14-22-43)35-47(53)7-3)45-25-29-48(30-26-45)55-33-34-56-49-31-27-46(28-32-49)52(42-19-11-38(6-2)12-20-42)44-23-15-40(16-24-44)36-57-50(54)8-4/h7-32H,3-6,33-36H2,1-2H3. The summed E-state index contributed by atoms with van der Waals surface area (Å²) >= 11 is 0. The van der Waals surface area contributed by atoms with Gasteiger partial charge in [0.1, 0.15) is 31.3 Å². The van der Waals surface area contributed by atoms with Crippen molar-refractivity contribution in [3.8, 4) is 11.5 Å². The Kier molecular flexibility index (Phi) is 13.7. The first-order valence-electron chi connectivity index (χ1n) is 19.2. The number of ether oxygens (including phenoxy) is 3. The van der Waals surface area contributed by atoms with Crippen LogP contribution in [0.1, 0.15) is 36.1 Å². The molecule has 6 aromatic carbocycles. The number of hydrogen-bond donors (Lipinski definition) is 0. The fraction of sp³-hybridized carbons (Fsp3) is 0.160. The van der Waals surface area contributed by atoms with Gasteiger partial charge in [0.05, 0.1) is 0 Å². The van der Waals surface area contributed by atoms with Crippen LogP contribution in [0.5, 0.6) is 11.5 Å². The van der Waals surface area contributed by atoms with Crippen LogP contribution >= 0.6 is 0 Å². The molecule has 0 saturated heterocycles. The average Bonchev–Trinajstić information content (AvgIpc) is 3.27. The maximum Gasteiger partial charge on any atom is 0.330 e. The lowest BCUT2D eigenvalue weighted by Gasteiger charge is -2.26. The van der Waals surface area contributed by atoms with E-state index in [1.165, 1.54) is 17.2 Å². The average molecular weight is 757 g/mol. The summed E-state index contributed by atoms with van der Waals surface area (Å²) in [6, 6.07) is 49.2. The highest BCUT2D eigenvalue weighted by Crippen LogP contribution is 2.37. The zero-order valence-corrected chi connectivity index (χ0v) is 32.6. The zero-order valence-electron chi connectivity index (χ0n) is 32.6. The van der Waals surface area contributed by atoms with Crippen LogP contribution in [-0.2, 0) is 40.2 Å². The molecule has 0 radical (unpaired) electrons. The lowest BCUT2D eigenvalue weighted by Crippen LogP contribution is -2.11. The van der Waals surface area contributed by atoms with E-state index in [0.29, 0.717) is 19.6 Å². The molecule has 0 amide bonds. The van der Waals surface area contributed by atoms with E-state index in [1.54, 1.807) is 0 Å². The summed E-state index contributed by atoms with van der Waals surface area (Å²) in [7, 11) is 0. The molecule has 0 unspecified atom stereocenters. The van der Waals surface area contributed by atoms with Crippen LogP contribution in [0.25, 0.3) is 0 Å². The molecular weight excluding hydrogens is 709 g/mol. The summed E-state index contributed by atoms with van der Waals surface area (Å²) in [6.45, 7) is 12.3. The molecule has 0 N–H and O–H groups in total. The van der Waals surface area contributed by atoms with Crippen molar-refractivity contribution in [1.82, 2.24) is 0 Å². The summed E-state index contributed by atoms with van der Waals surface area (Å²) in [5.74, 6) is 1.03. The van der Waals surface area contributed by atoms with Gasteiger partial charge in [0, 0.05) is 46.6 Å². The highest BCUT2D eigenvalue weighted by molar-refractivity contribution is 5.91. The molecule has 0 atom stereocenters. The molecule has 288 valence electrons. The van der Waals surface area contributed by atoms with Gasteiger partial charge in [-0.25, -0.2) is 4.79 Å². The molecule has 0 spiro atoms. The van der Waals surface area contributed by atoms with Crippen LogP contribution < -0.4 is 19.3 Å². The Morgan fingerprint density at radius 2 is 0.807 bits per heavy atom. The normalized spacial score (nSPS) is 10.6. The van der Waals surface area contributed by atoms with E-state index in [2.05, 4.69) is 85.3 Å². The number of carbonyl (C=O) groups excluding carboxylic acids is 2. The van der Waals surface area contributed by atoms with Gasteiger partial charge in [0.2, 0.25) is 0 Å². The summed E-state index contributed by atoms with van der Waals surface area (Å²) in [5.41, 5.74) is 10.3. The Hall–Kier alpha value is -6.86. The van der Waals surface area contributed by atoms with E-state index in [9.17, 15) is 9.59 Å². The molecule has 7 heteroatoms. The molecule has 0 aliphatic heterocycles. The van der Waals surface area contributed by atoms with Gasteiger partial charge in [-0.1, -0.05) is 75.5 Å². The number of allylic oxidation sites excluding steroid dienone is 1. The van der Waals surface area contributed by atoms with Crippen molar-refractivity contribution in [2.75, 3.05) is 23.0 Å². The molecule has 7 nitrogen and oxygen atoms in total. The maximum absolute atomic E-state index is 11.9. The predicted molar refractivity (Wildman–Crippen MR) is 231 cm³/mol. The third-order valence-corrected chi connectivity index (χ3v) is 9.56. The monoisotopic (exact) mass is 756 g/mol. The SMILES string of the molecule is C=CC(=O)Cc1ccc(N(c2ccc(CC)cc2)c2ccc(OCCOc3ccc(N(c4ccc(CC)cc4)c4ccc(COC(=O)C=C)cc4)cc3)cc2)cc1. The van der Waals surface area contributed by atoms with Gasteiger partial charge in [-0.2, -0.15) is 0 Å². The molecular formula is C50H48N2O5. The first kappa shape index (κ1) is 39.8. The molecule has 0 aliphatic rings. The van der Waals surface area contributed by atoms with Gasteiger partial charge in [0.25, 0.3) is 0 Å². The Labute approximate surface area is 336 Å². The van der Waals surface area contributed by atoms with Gasteiger partial charge in [-0.05, 0) is 138 Å². The van der Waals surface area contributed by atoms with E-state index >= 15 is 0 Å². The molecule has 0 saturated carbocycles. The van der Waals surface area contributed by atoms with Gasteiger partial charge in [0.15, 0.2) is 5.78 Å². The van der Waals surface area contributed by atoms with Crippen molar-refractivity contribution in [3.05, 3.63) is 193 Å². The number of nitrogens with zero attached hydrogens (tertiary/aromatic N) is 2. The third kappa shape index (κ3) is 10.7. The molecule has 6 rings (SSSR count). The number of aryl methyl sites for hydroxylation is 2. The van der Waals surface area contributed by atoms with E-state index in [-0.39, 0.29) is 12.4 Å². The minimum absolute atomic E-state index is 0.00323. The molecule has 0 heterocycles. The van der Waals surface area contributed by atoms with Crippen LogP contribution in [0.3, 0.4) is 0 Å². The van der Waals surface area contributed by atoms with Crippen molar-refractivity contribution in [3.63, 3.8) is 0 Å². The van der Waals surface area contributed by atoms with Crippen LogP contribution in [0, 0.1) is 0 Å². The third-order valence-electron chi connectivity index (χ3n) is 9.56. The van der Waals surface area contributed by atoms with Crippen LogP contribution in [0.2, 0.25) is 0 Å². The largest absolute Gasteiger partial charge is 0.490 e. The first-order chi connectivity index (χ1) is 27.9. The number of rotatable bonds is 19. The van der Waals surface area contributed by atoms with Crippen molar-refractivity contribution in [2.24, 2.45) is 0 Å². The number of esters is 1. The van der Waals surface area contributed by atoms with E-state index < -0.39 is 5.97 Å². The van der Waals surface area contributed by atoms with Crippen molar-refractivity contribution in [1.29, 1.82) is 0 Å². The minimum atomic E-state index is -0.448. The quantitative estimate of drug-likeness (QED) is 0.0463. The Morgan fingerprint density at radius 1 is 0.474 bits per heavy atom. The number of hydrogen-bond acceptors (Lipinski definition) is 7. The summed E-state index contributed by atoms with van der Waals surface area (Å²) < 4.78 is 17.4. The lowest BCUT2D eigenvalue weighted by molar-refractivity contribution is -0.139. The highest BCUT2D eigenvalue weighted by atomic mass is 16.5. The van der Waals surface area contributed by atoms with Crippen LogP contribution in [0.15, 0.2) is 171 Å². The van der Waals surface area contributed by atoms with E-state index in [4.69, 9.17) is 14.2 Å². The predicted octanol–water partition coefficient (Wildman–Crippen LogP) is 11.7. The molecule has 0 fully saturated rings. The fourth-order valence-electron chi connectivity index (χ4n) is 6.35. The summed E-state index contributed by atoms with van der Waals surface area (Å²) in [5, 5.41) is 0. The van der Waals surface area contributed by atoms with Crippen molar-refractivity contribution >= 4 is 45.9 Å². The highest BCUT2D eigenvalue weighted by Gasteiger charge is 2.15. The number of ketones is 1. The van der Waals surface area contributed by atoms with Crippen LogP contribution in [0.4, 0.5) is 34.1 Å². The minimum Gasteiger partial charge on any atom is -0.490 e. The van der Waals surface area contributed by atoms with Gasteiger partial charge < -0.3 is 24.0 Å². The smallest absolute Gasteiger partial charge is 0.330 e. The Balaban J connectivity index is 1.09. The number of benzene rings is 6. The van der Waals surface area contributed by atoms with Gasteiger partial charge >= 0.3 is 5.97 Å². The molecule has 57 heavy (non-hydrogen) atoms. The number of anilines is 6. The van der Waals surface area contributed by atoms with Crippen LogP contribution in [-0.4, -0.2) is 25.0 Å². The van der Waals surface area contributed by atoms with E-state index in [1.807, 2.05) is 97.1 Å².